The van der Waals surface area contributed by atoms with Crippen molar-refractivity contribution < 1.29 is 23.4 Å². The van der Waals surface area contributed by atoms with Gasteiger partial charge in [-0.15, -0.1) is 0 Å². The Labute approximate surface area is 204 Å². The molecule has 0 bridgehead atoms. The van der Waals surface area contributed by atoms with E-state index < -0.39 is 22.8 Å². The average molecular weight is 489 g/mol. The number of ether oxygens (including phenoxy) is 2. The van der Waals surface area contributed by atoms with Gasteiger partial charge in [0.2, 0.25) is 0 Å². The molecule has 4 heterocycles. The summed E-state index contributed by atoms with van der Waals surface area (Å²) in [6, 6.07) is 9.20. The number of H-pyrrole nitrogens is 1. The second-order valence-electron chi connectivity index (χ2n) is 8.91. The van der Waals surface area contributed by atoms with E-state index in [4.69, 9.17) is 9.47 Å². The quantitative estimate of drug-likeness (QED) is 0.411. The highest BCUT2D eigenvalue weighted by atomic mass is 19.1. The number of aromatic amines is 1. The molecule has 0 radical (unpaired) electrons. The number of aliphatic imine (C=N–C) groups is 1. The molecule has 0 amide bonds. The Kier molecular flexibility index (Phi) is 6.08. The van der Waals surface area contributed by atoms with E-state index in [9.17, 15) is 10.4 Å². The maximum atomic E-state index is 15.0. The molecule has 0 saturated carbocycles. The third-order valence-electron chi connectivity index (χ3n) is 5.95. The highest BCUT2D eigenvalue weighted by Gasteiger charge is 2.29. The zero-order valence-electron chi connectivity index (χ0n) is 19.3. The van der Waals surface area contributed by atoms with Gasteiger partial charge in [0, 0.05) is 36.0 Å². The number of pyridine rings is 2. The highest BCUT2D eigenvalue weighted by molar-refractivity contribution is 5.98. The topological polar surface area (TPSA) is 116 Å². The summed E-state index contributed by atoms with van der Waals surface area (Å²) in [7, 11) is 0. The molecule has 5 rings (SSSR count). The Bertz CT molecular complexity index is 1500. The smallest absolute Gasteiger partial charge is 0.198 e. The number of nitrogens with zero attached hydrogens (tertiary/aromatic N) is 4. The zero-order valence-corrected chi connectivity index (χ0v) is 19.3. The number of aliphatic hydroxyl groups is 1. The average Bonchev–Trinajstić information content (AvgIpc) is 3.33. The van der Waals surface area contributed by atoms with Crippen LogP contribution in [0.15, 0.2) is 53.9 Å². The fourth-order valence-electron chi connectivity index (χ4n) is 3.93. The van der Waals surface area contributed by atoms with E-state index in [0.717, 1.165) is 0 Å². The minimum atomic E-state index is -0.876. The molecule has 1 aliphatic heterocycles. The molecule has 4 aromatic rings. The number of aromatic nitrogens is 3. The van der Waals surface area contributed by atoms with E-state index in [1.165, 1.54) is 30.6 Å². The summed E-state index contributed by atoms with van der Waals surface area (Å²) in [5.41, 5.74) is 1.88. The lowest BCUT2D eigenvalue weighted by Gasteiger charge is -2.30. The number of rotatable bonds is 6. The monoisotopic (exact) mass is 489 g/mol. The molecular formula is C26H21F2N5O3. The number of benzene rings is 1. The number of fused-ring (bicyclic) bond motifs is 1. The molecule has 0 aliphatic carbocycles. The molecule has 8 nitrogen and oxygen atoms in total. The maximum absolute atomic E-state index is 15.0. The number of hydrogen-bond acceptors (Lipinski definition) is 7. The first kappa shape index (κ1) is 23.4. The van der Waals surface area contributed by atoms with E-state index in [-0.39, 0.29) is 31.1 Å². The van der Waals surface area contributed by atoms with E-state index in [2.05, 4.69) is 19.9 Å². The van der Waals surface area contributed by atoms with Gasteiger partial charge < -0.3 is 19.6 Å². The summed E-state index contributed by atoms with van der Waals surface area (Å²) in [5.74, 6) is -1.75. The molecule has 2 N–H and O–H groups in total. The van der Waals surface area contributed by atoms with Crippen molar-refractivity contribution in [3.63, 3.8) is 0 Å². The molecule has 182 valence electrons. The van der Waals surface area contributed by atoms with Crippen LogP contribution < -0.4 is 4.74 Å². The summed E-state index contributed by atoms with van der Waals surface area (Å²) in [4.78, 5) is 15.6. The molecule has 1 aliphatic rings. The predicted molar refractivity (Wildman–Crippen MR) is 128 cm³/mol. The fraction of sp³-hybridized carbons (Fsp3) is 0.231. The second kappa shape index (κ2) is 9.36. The zero-order chi connectivity index (χ0) is 25.3. The van der Waals surface area contributed by atoms with E-state index >= 15 is 8.78 Å². The molecule has 3 aromatic heterocycles. The van der Waals surface area contributed by atoms with Crippen LogP contribution in [0.25, 0.3) is 22.2 Å². The van der Waals surface area contributed by atoms with Gasteiger partial charge >= 0.3 is 0 Å². The van der Waals surface area contributed by atoms with Crippen LogP contribution in [-0.4, -0.2) is 45.7 Å². The molecule has 10 heteroatoms. The number of aliphatic hydroxyl groups excluding tert-OH is 1. The number of halogens is 2. The number of nitrogens with one attached hydrogen (secondary N) is 1. The van der Waals surface area contributed by atoms with Gasteiger partial charge in [0.1, 0.15) is 23.2 Å². The molecule has 1 aromatic carbocycles. The van der Waals surface area contributed by atoms with Crippen molar-refractivity contribution in [3.8, 4) is 28.7 Å². The lowest BCUT2D eigenvalue weighted by Crippen LogP contribution is -2.36. The van der Waals surface area contributed by atoms with E-state index in [1.807, 2.05) is 13.0 Å². The van der Waals surface area contributed by atoms with Crippen LogP contribution in [0.2, 0.25) is 0 Å². The highest BCUT2D eigenvalue weighted by Crippen LogP contribution is 2.38. The van der Waals surface area contributed by atoms with Gasteiger partial charge in [-0.05, 0) is 41.5 Å². The Morgan fingerprint density at radius 3 is 2.67 bits per heavy atom. The summed E-state index contributed by atoms with van der Waals surface area (Å²) in [6.07, 6.45) is 4.77. The third kappa shape index (κ3) is 4.48. The van der Waals surface area contributed by atoms with Gasteiger partial charge in [-0.3, -0.25) is 4.99 Å². The first-order chi connectivity index (χ1) is 17.4. The first-order valence-corrected chi connectivity index (χ1v) is 11.1. The predicted octanol–water partition coefficient (Wildman–Crippen LogP) is 4.54. The molecule has 1 atom stereocenters. The summed E-state index contributed by atoms with van der Waals surface area (Å²) >= 11 is 0. The minimum Gasteiger partial charge on any atom is -0.480 e. The molecule has 0 spiro atoms. The van der Waals surface area contributed by atoms with Gasteiger partial charge in [-0.2, -0.15) is 5.26 Å². The van der Waals surface area contributed by atoms with Crippen molar-refractivity contribution in [2.45, 2.75) is 13.3 Å². The Morgan fingerprint density at radius 2 is 1.97 bits per heavy atom. The van der Waals surface area contributed by atoms with Crippen LogP contribution in [0, 0.1) is 28.4 Å². The van der Waals surface area contributed by atoms with Crippen molar-refractivity contribution in [1.29, 1.82) is 5.26 Å². The summed E-state index contributed by atoms with van der Waals surface area (Å²) < 4.78 is 41.4. The molecule has 0 fully saturated rings. The van der Waals surface area contributed by atoms with Crippen molar-refractivity contribution in [2.24, 2.45) is 10.4 Å². The van der Waals surface area contributed by atoms with Crippen molar-refractivity contribution in [3.05, 3.63) is 71.8 Å². The van der Waals surface area contributed by atoms with Gasteiger partial charge in [-0.25, -0.2) is 18.7 Å². The van der Waals surface area contributed by atoms with E-state index in [1.54, 1.807) is 18.3 Å². The van der Waals surface area contributed by atoms with Crippen LogP contribution in [0.5, 0.6) is 11.5 Å². The molecule has 36 heavy (non-hydrogen) atoms. The first-order valence-electron chi connectivity index (χ1n) is 11.1. The number of nitriles is 1. The van der Waals surface area contributed by atoms with Gasteiger partial charge in [0.05, 0.1) is 25.1 Å². The Balaban J connectivity index is 1.45. The largest absolute Gasteiger partial charge is 0.480 e. The van der Waals surface area contributed by atoms with Crippen LogP contribution in [0.1, 0.15) is 18.2 Å². The molecule has 1 unspecified atom stereocenters. The standard InChI is InChI=1S/C26H21F2N5O3/c1-26(13-34)12-33-22(35-14-26)8-15-6-19(27)24(20(28)7-15)36-21-3-5-31-25-23(21)18(11-32-25)16-2-4-30-17(9-16)10-29/h2-7,9,11,34H,8,12-14H2,1H3,(H,31,32). The summed E-state index contributed by atoms with van der Waals surface area (Å²) in [6.45, 7) is 2.43. The van der Waals surface area contributed by atoms with E-state index in [0.29, 0.717) is 40.2 Å². The van der Waals surface area contributed by atoms with Crippen molar-refractivity contribution in [2.75, 3.05) is 19.8 Å². The fourth-order valence-corrected chi connectivity index (χ4v) is 3.93. The van der Waals surface area contributed by atoms with Gasteiger partial charge in [-0.1, -0.05) is 6.92 Å². The van der Waals surface area contributed by atoms with Crippen LogP contribution in [-0.2, 0) is 11.2 Å². The third-order valence-corrected chi connectivity index (χ3v) is 5.95. The Morgan fingerprint density at radius 1 is 1.19 bits per heavy atom. The normalized spacial score (nSPS) is 17.4. The maximum Gasteiger partial charge on any atom is 0.198 e. The lowest BCUT2D eigenvalue weighted by molar-refractivity contribution is 0.0691. The van der Waals surface area contributed by atoms with Crippen LogP contribution in [0.4, 0.5) is 8.78 Å². The summed E-state index contributed by atoms with van der Waals surface area (Å²) in [5, 5.41) is 19.1. The lowest BCUT2D eigenvalue weighted by atomic mass is 9.92. The van der Waals surface area contributed by atoms with Crippen LogP contribution in [0.3, 0.4) is 0 Å². The van der Waals surface area contributed by atoms with Crippen LogP contribution >= 0.6 is 0 Å². The molecular weight excluding hydrogens is 468 g/mol. The minimum absolute atomic E-state index is 0.0646. The van der Waals surface area contributed by atoms with Crippen molar-refractivity contribution >= 4 is 16.9 Å². The SMILES string of the molecule is CC1(CO)CN=C(Cc2cc(F)c(Oc3ccnc4[nH]cc(-c5ccnc(C#N)c5)c34)c(F)c2)OC1. The van der Waals surface area contributed by atoms with Gasteiger partial charge in [0.25, 0.3) is 0 Å². The molecule has 0 saturated heterocycles. The number of hydrogen-bond donors (Lipinski definition) is 2. The Hall–Kier alpha value is -4.36. The van der Waals surface area contributed by atoms with Gasteiger partial charge in [0.15, 0.2) is 23.3 Å². The second-order valence-corrected chi connectivity index (χ2v) is 8.91. The van der Waals surface area contributed by atoms with Crippen molar-refractivity contribution in [1.82, 2.24) is 15.0 Å².